The van der Waals surface area contributed by atoms with Gasteiger partial charge in [-0.15, -0.1) is 0 Å². The van der Waals surface area contributed by atoms with Crippen molar-refractivity contribution in [3.63, 3.8) is 0 Å². The lowest BCUT2D eigenvalue weighted by Gasteiger charge is -2.14. The van der Waals surface area contributed by atoms with Gasteiger partial charge in [-0.1, -0.05) is 59.6 Å². The summed E-state index contributed by atoms with van der Waals surface area (Å²) in [6.07, 6.45) is -0.107. The highest BCUT2D eigenvalue weighted by atomic mass is 35.5. The topological polar surface area (TPSA) is 20.2 Å². The van der Waals surface area contributed by atoms with Crippen molar-refractivity contribution in [2.75, 3.05) is 0 Å². The molecule has 1 nitrogen and oxygen atoms in total. The summed E-state index contributed by atoms with van der Waals surface area (Å²) < 4.78 is 0. The molecule has 2 aromatic rings. The molecule has 94 valence electrons. The predicted molar refractivity (Wildman–Crippen MR) is 76.3 cm³/mol. The third-order valence-corrected chi connectivity index (χ3v) is 3.85. The molecule has 0 amide bonds. The van der Waals surface area contributed by atoms with E-state index in [-0.39, 0.29) is 0 Å². The second-order valence-electron chi connectivity index (χ2n) is 4.29. The Bertz CT molecular complexity index is 552. The fourth-order valence-corrected chi connectivity index (χ4v) is 2.37. The normalized spacial score (nSPS) is 12.4. The molecule has 0 aromatic heterocycles. The Hall–Kier alpha value is -1.02. The summed E-state index contributed by atoms with van der Waals surface area (Å²) in [5.74, 6) is 0. The average Bonchev–Trinajstić information content (AvgIpc) is 2.35. The predicted octanol–water partition coefficient (Wildman–Crippen LogP) is 4.58. The molecule has 0 heterocycles. The highest BCUT2D eigenvalue weighted by Gasteiger charge is 2.14. The SMILES string of the molecule is Cc1ccccc1CC(O)c1cccc(Cl)c1Cl. The Kier molecular flexibility index (Phi) is 4.28. The summed E-state index contributed by atoms with van der Waals surface area (Å²) in [5, 5.41) is 11.2. The summed E-state index contributed by atoms with van der Waals surface area (Å²) in [4.78, 5) is 0. The first-order valence-corrected chi connectivity index (χ1v) is 6.51. The zero-order valence-corrected chi connectivity index (χ0v) is 11.5. The first-order valence-electron chi connectivity index (χ1n) is 5.76. The van der Waals surface area contributed by atoms with Gasteiger partial charge in [0.25, 0.3) is 0 Å². The lowest BCUT2D eigenvalue weighted by atomic mass is 9.98. The van der Waals surface area contributed by atoms with Crippen LogP contribution in [0.1, 0.15) is 22.8 Å². The fraction of sp³-hybridized carbons (Fsp3) is 0.200. The lowest BCUT2D eigenvalue weighted by Crippen LogP contribution is -2.04. The lowest BCUT2D eigenvalue weighted by molar-refractivity contribution is 0.178. The Morgan fingerprint density at radius 1 is 1.06 bits per heavy atom. The van der Waals surface area contributed by atoms with Crippen molar-refractivity contribution in [3.8, 4) is 0 Å². The van der Waals surface area contributed by atoms with Gasteiger partial charge in [0.2, 0.25) is 0 Å². The molecule has 2 aromatic carbocycles. The largest absolute Gasteiger partial charge is 0.388 e. The van der Waals surface area contributed by atoms with Crippen LogP contribution in [0.5, 0.6) is 0 Å². The molecular weight excluding hydrogens is 267 g/mol. The van der Waals surface area contributed by atoms with Crippen molar-refractivity contribution in [1.29, 1.82) is 0 Å². The number of aliphatic hydroxyl groups excluding tert-OH is 1. The molecule has 0 saturated carbocycles. The van der Waals surface area contributed by atoms with Gasteiger partial charge in [0.05, 0.1) is 16.1 Å². The molecule has 0 fully saturated rings. The van der Waals surface area contributed by atoms with E-state index in [0.29, 0.717) is 22.0 Å². The van der Waals surface area contributed by atoms with Crippen molar-refractivity contribution in [1.82, 2.24) is 0 Å². The summed E-state index contributed by atoms with van der Waals surface area (Å²) in [6, 6.07) is 13.3. The van der Waals surface area contributed by atoms with Crippen LogP contribution in [0, 0.1) is 6.92 Å². The number of benzene rings is 2. The first kappa shape index (κ1) is 13.4. The van der Waals surface area contributed by atoms with Crippen molar-refractivity contribution < 1.29 is 5.11 Å². The Morgan fingerprint density at radius 2 is 1.78 bits per heavy atom. The summed E-state index contributed by atoms with van der Waals surface area (Å²) in [5.41, 5.74) is 2.95. The smallest absolute Gasteiger partial charge is 0.0845 e. The molecule has 0 aliphatic carbocycles. The molecule has 18 heavy (non-hydrogen) atoms. The second kappa shape index (κ2) is 5.75. The third-order valence-electron chi connectivity index (χ3n) is 3.01. The van der Waals surface area contributed by atoms with Crippen molar-refractivity contribution in [2.45, 2.75) is 19.4 Å². The molecule has 0 bridgehead atoms. The quantitative estimate of drug-likeness (QED) is 0.873. The van der Waals surface area contributed by atoms with Crippen molar-refractivity contribution in [2.24, 2.45) is 0 Å². The Balaban J connectivity index is 2.25. The molecule has 3 heteroatoms. The van der Waals surface area contributed by atoms with E-state index in [1.165, 1.54) is 0 Å². The highest BCUT2D eigenvalue weighted by molar-refractivity contribution is 6.42. The van der Waals surface area contributed by atoms with E-state index >= 15 is 0 Å². The van der Waals surface area contributed by atoms with Gasteiger partial charge < -0.3 is 5.11 Å². The minimum Gasteiger partial charge on any atom is -0.388 e. The zero-order chi connectivity index (χ0) is 13.1. The molecule has 0 saturated heterocycles. The number of halogens is 2. The van der Waals surface area contributed by atoms with Crippen LogP contribution in [0.2, 0.25) is 10.0 Å². The monoisotopic (exact) mass is 280 g/mol. The van der Waals surface area contributed by atoms with Crippen LogP contribution in [-0.2, 0) is 6.42 Å². The van der Waals surface area contributed by atoms with Gasteiger partial charge in [-0.05, 0) is 24.1 Å². The van der Waals surface area contributed by atoms with Crippen molar-refractivity contribution >= 4 is 23.2 Å². The van der Waals surface area contributed by atoms with Gasteiger partial charge in [0, 0.05) is 12.0 Å². The summed E-state index contributed by atoms with van der Waals surface area (Å²) in [6.45, 7) is 2.03. The van der Waals surface area contributed by atoms with Crippen LogP contribution in [0.15, 0.2) is 42.5 Å². The molecular formula is C15H14Cl2O. The van der Waals surface area contributed by atoms with Crippen LogP contribution >= 0.6 is 23.2 Å². The molecule has 2 rings (SSSR count). The Labute approximate surface area is 117 Å². The van der Waals surface area contributed by atoms with E-state index in [4.69, 9.17) is 23.2 Å². The number of hydrogen-bond acceptors (Lipinski definition) is 1. The standard InChI is InChI=1S/C15H14Cl2O/c1-10-5-2-3-6-11(10)9-14(18)12-7-4-8-13(16)15(12)17/h2-8,14,18H,9H2,1H3. The third kappa shape index (κ3) is 2.86. The van der Waals surface area contributed by atoms with Crippen LogP contribution in [-0.4, -0.2) is 5.11 Å². The Morgan fingerprint density at radius 3 is 2.50 bits per heavy atom. The molecule has 0 radical (unpaired) electrons. The first-order chi connectivity index (χ1) is 8.59. The number of hydrogen-bond donors (Lipinski definition) is 1. The maximum Gasteiger partial charge on any atom is 0.0845 e. The maximum atomic E-state index is 10.3. The molecule has 1 N–H and O–H groups in total. The van der Waals surface area contributed by atoms with Crippen LogP contribution in [0.3, 0.4) is 0 Å². The molecule has 1 atom stereocenters. The maximum absolute atomic E-state index is 10.3. The number of aryl methyl sites for hydroxylation is 1. The molecule has 1 unspecified atom stereocenters. The summed E-state index contributed by atoms with van der Waals surface area (Å²) in [7, 11) is 0. The van der Waals surface area contributed by atoms with E-state index in [0.717, 1.165) is 11.1 Å². The van der Waals surface area contributed by atoms with Gasteiger partial charge >= 0.3 is 0 Å². The highest BCUT2D eigenvalue weighted by Crippen LogP contribution is 2.31. The van der Waals surface area contributed by atoms with Crippen LogP contribution in [0.25, 0.3) is 0 Å². The molecule has 0 spiro atoms. The van der Waals surface area contributed by atoms with Gasteiger partial charge in [0.15, 0.2) is 0 Å². The van der Waals surface area contributed by atoms with E-state index in [2.05, 4.69) is 0 Å². The van der Waals surface area contributed by atoms with Gasteiger partial charge in [0.1, 0.15) is 0 Å². The zero-order valence-electron chi connectivity index (χ0n) is 10.0. The van der Waals surface area contributed by atoms with Crippen molar-refractivity contribution in [3.05, 3.63) is 69.2 Å². The minimum atomic E-state index is -0.641. The van der Waals surface area contributed by atoms with E-state index < -0.39 is 6.10 Å². The number of rotatable bonds is 3. The van der Waals surface area contributed by atoms with Crippen LogP contribution in [0.4, 0.5) is 0 Å². The van der Waals surface area contributed by atoms with Gasteiger partial charge in [-0.3, -0.25) is 0 Å². The number of aliphatic hydroxyl groups is 1. The molecule has 0 aliphatic heterocycles. The van der Waals surface area contributed by atoms with Crippen LogP contribution < -0.4 is 0 Å². The average molecular weight is 281 g/mol. The van der Waals surface area contributed by atoms with E-state index in [9.17, 15) is 5.11 Å². The second-order valence-corrected chi connectivity index (χ2v) is 5.07. The fourth-order valence-electron chi connectivity index (χ4n) is 1.94. The minimum absolute atomic E-state index is 0.431. The molecule has 0 aliphatic rings. The van der Waals surface area contributed by atoms with E-state index in [1.54, 1.807) is 18.2 Å². The van der Waals surface area contributed by atoms with Gasteiger partial charge in [-0.25, -0.2) is 0 Å². The van der Waals surface area contributed by atoms with Gasteiger partial charge in [-0.2, -0.15) is 0 Å². The van der Waals surface area contributed by atoms with E-state index in [1.807, 2.05) is 31.2 Å². The summed E-state index contributed by atoms with van der Waals surface area (Å²) >= 11 is 12.1.